The van der Waals surface area contributed by atoms with Crippen LogP contribution in [-0.2, 0) is 0 Å². The predicted molar refractivity (Wildman–Crippen MR) is 90.1 cm³/mol. The molecule has 1 heteroatoms. The average Bonchev–Trinajstić information content (AvgIpc) is 2.33. The van der Waals surface area contributed by atoms with E-state index in [1.807, 2.05) is 0 Å². The van der Waals surface area contributed by atoms with Crippen molar-refractivity contribution in [3.63, 3.8) is 0 Å². The SMILES string of the molecule is C1C2CC3CC1CC(PC14CC5CC(CC(C5)C1)C4)(C2)C3. The van der Waals surface area contributed by atoms with E-state index in [4.69, 9.17) is 0 Å². The van der Waals surface area contributed by atoms with Gasteiger partial charge in [-0.1, -0.05) is 0 Å². The monoisotopic (exact) mass is 302 g/mol. The van der Waals surface area contributed by atoms with Crippen molar-refractivity contribution in [3.8, 4) is 0 Å². The molecule has 21 heavy (non-hydrogen) atoms. The Bertz CT molecular complexity index is 352. The lowest BCUT2D eigenvalue weighted by atomic mass is 9.55. The second-order valence-electron chi connectivity index (χ2n) is 10.5. The quantitative estimate of drug-likeness (QED) is 0.582. The zero-order chi connectivity index (χ0) is 13.7. The highest BCUT2D eigenvalue weighted by molar-refractivity contribution is 7.42. The molecule has 8 bridgehead atoms. The maximum absolute atomic E-state index is 1.67. The van der Waals surface area contributed by atoms with Crippen molar-refractivity contribution in [1.29, 1.82) is 0 Å². The zero-order valence-corrected chi connectivity index (χ0v) is 14.4. The van der Waals surface area contributed by atoms with Crippen molar-refractivity contribution in [2.75, 3.05) is 0 Å². The van der Waals surface area contributed by atoms with Crippen LogP contribution < -0.4 is 0 Å². The lowest BCUT2D eigenvalue weighted by Crippen LogP contribution is -2.53. The van der Waals surface area contributed by atoms with Crippen LogP contribution in [0.25, 0.3) is 0 Å². The second-order valence-corrected chi connectivity index (χ2v) is 12.9. The van der Waals surface area contributed by atoms with Crippen LogP contribution in [0.5, 0.6) is 0 Å². The first kappa shape index (κ1) is 12.8. The third kappa shape index (κ3) is 1.90. The van der Waals surface area contributed by atoms with Crippen LogP contribution in [-0.4, -0.2) is 10.3 Å². The molecule has 8 rings (SSSR count). The molecular weight excluding hydrogens is 271 g/mol. The molecule has 116 valence electrons. The first-order valence-electron chi connectivity index (χ1n) is 9.97. The Morgan fingerprint density at radius 3 is 0.905 bits per heavy atom. The van der Waals surface area contributed by atoms with Crippen LogP contribution in [0.1, 0.15) is 77.0 Å². The van der Waals surface area contributed by atoms with Crippen molar-refractivity contribution >= 4 is 8.58 Å². The topological polar surface area (TPSA) is 0 Å². The third-order valence-corrected chi connectivity index (χ3v) is 10.9. The summed E-state index contributed by atoms with van der Waals surface area (Å²) in [5.74, 6) is 6.99. The van der Waals surface area contributed by atoms with E-state index in [1.54, 1.807) is 77.0 Å². The van der Waals surface area contributed by atoms with Crippen LogP contribution in [0, 0.1) is 35.5 Å². The molecule has 0 atom stereocenters. The summed E-state index contributed by atoms with van der Waals surface area (Å²) in [6.07, 6.45) is 19.8. The van der Waals surface area contributed by atoms with Gasteiger partial charge >= 0.3 is 0 Å². The fourth-order valence-electron chi connectivity index (χ4n) is 9.09. The summed E-state index contributed by atoms with van der Waals surface area (Å²) in [5, 5.41) is 1.75. The molecule has 0 N–H and O–H groups in total. The minimum Gasteiger partial charge on any atom is -0.109 e. The smallest absolute Gasteiger partial charge is 0.0109 e. The fraction of sp³-hybridized carbons (Fsp3) is 1.00. The van der Waals surface area contributed by atoms with Gasteiger partial charge in [-0.15, -0.1) is 8.58 Å². The normalized spacial score (nSPS) is 64.0. The standard InChI is InChI=1S/C20H31P/c1-13-2-15-3-14(1)8-19(7-13,9-15)21-20-10-16-4-17(11-20)6-18(5-16)12-20/h13-18,21H,1-12H2. The zero-order valence-electron chi connectivity index (χ0n) is 13.4. The number of hydrogen-bond acceptors (Lipinski definition) is 0. The van der Waals surface area contributed by atoms with E-state index >= 15 is 0 Å². The largest absolute Gasteiger partial charge is 0.109 e. The highest BCUT2D eigenvalue weighted by Crippen LogP contribution is 2.71. The Morgan fingerprint density at radius 2 is 0.667 bits per heavy atom. The van der Waals surface area contributed by atoms with Gasteiger partial charge in [-0.2, -0.15) is 0 Å². The van der Waals surface area contributed by atoms with Crippen LogP contribution in [0.4, 0.5) is 0 Å². The summed E-state index contributed by atoms with van der Waals surface area (Å²) in [6.45, 7) is 0. The molecule has 0 aliphatic heterocycles. The van der Waals surface area contributed by atoms with E-state index in [9.17, 15) is 0 Å². The molecule has 0 saturated heterocycles. The first-order valence-corrected chi connectivity index (χ1v) is 11.0. The molecule has 8 saturated carbocycles. The lowest BCUT2D eigenvalue weighted by Gasteiger charge is -2.63. The van der Waals surface area contributed by atoms with Crippen molar-refractivity contribution in [1.82, 2.24) is 0 Å². The van der Waals surface area contributed by atoms with Crippen LogP contribution in [0.15, 0.2) is 0 Å². The van der Waals surface area contributed by atoms with E-state index in [2.05, 4.69) is 0 Å². The highest BCUT2D eigenvalue weighted by atomic mass is 31.1. The molecule has 8 aliphatic carbocycles. The van der Waals surface area contributed by atoms with Gasteiger partial charge in [0.1, 0.15) is 0 Å². The molecule has 8 aliphatic rings. The van der Waals surface area contributed by atoms with Gasteiger partial charge in [0.15, 0.2) is 0 Å². The van der Waals surface area contributed by atoms with Gasteiger partial charge in [-0.25, -0.2) is 0 Å². The Balaban J connectivity index is 1.31. The second kappa shape index (κ2) is 4.09. The van der Waals surface area contributed by atoms with Gasteiger partial charge in [-0.3, -0.25) is 0 Å². The summed E-state index contributed by atoms with van der Waals surface area (Å²) in [4.78, 5) is 0. The van der Waals surface area contributed by atoms with Crippen LogP contribution in [0.2, 0.25) is 0 Å². The van der Waals surface area contributed by atoms with E-state index in [1.165, 1.54) is 8.58 Å². The van der Waals surface area contributed by atoms with Gasteiger partial charge in [-0.05, 0) is 123 Å². The van der Waals surface area contributed by atoms with E-state index in [0.717, 1.165) is 45.8 Å². The molecule has 0 heterocycles. The summed E-state index contributed by atoms with van der Waals surface area (Å²) >= 11 is 0. The van der Waals surface area contributed by atoms with Gasteiger partial charge in [0, 0.05) is 0 Å². The maximum atomic E-state index is 1.67. The van der Waals surface area contributed by atoms with E-state index in [0.29, 0.717) is 0 Å². The molecule has 8 fully saturated rings. The molecule has 0 amide bonds. The molecular formula is C20H31P. The van der Waals surface area contributed by atoms with Gasteiger partial charge in [0.05, 0.1) is 0 Å². The Kier molecular flexibility index (Phi) is 2.49. The lowest BCUT2D eigenvalue weighted by molar-refractivity contribution is 0.0210. The highest BCUT2D eigenvalue weighted by Gasteiger charge is 2.57. The summed E-state index contributed by atoms with van der Waals surface area (Å²) < 4.78 is 0. The summed E-state index contributed by atoms with van der Waals surface area (Å²) in [7, 11) is 1.38. The van der Waals surface area contributed by atoms with Crippen molar-refractivity contribution in [2.24, 2.45) is 35.5 Å². The summed E-state index contributed by atoms with van der Waals surface area (Å²) in [6, 6.07) is 0. The number of rotatable bonds is 2. The maximum Gasteiger partial charge on any atom is -0.0109 e. The molecule has 0 aromatic heterocycles. The van der Waals surface area contributed by atoms with Crippen molar-refractivity contribution in [2.45, 2.75) is 87.4 Å². The average molecular weight is 302 g/mol. The fourth-order valence-corrected chi connectivity index (χ4v) is 12.6. The minimum atomic E-state index is 0.875. The van der Waals surface area contributed by atoms with Crippen LogP contribution in [0.3, 0.4) is 0 Å². The van der Waals surface area contributed by atoms with Gasteiger partial charge in [0.2, 0.25) is 0 Å². The Morgan fingerprint density at radius 1 is 0.429 bits per heavy atom. The summed E-state index contributed by atoms with van der Waals surface area (Å²) in [5.41, 5.74) is 0. The van der Waals surface area contributed by atoms with E-state index in [-0.39, 0.29) is 0 Å². The molecule has 0 nitrogen and oxygen atoms in total. The predicted octanol–water partition coefficient (Wildman–Crippen LogP) is 5.60. The first-order chi connectivity index (χ1) is 10.2. The van der Waals surface area contributed by atoms with Crippen LogP contribution >= 0.6 is 8.58 Å². The molecule has 0 radical (unpaired) electrons. The molecule has 0 spiro atoms. The Labute approximate surface area is 132 Å². The molecule has 0 unspecified atom stereocenters. The van der Waals surface area contributed by atoms with Crippen molar-refractivity contribution in [3.05, 3.63) is 0 Å². The molecule has 0 aromatic carbocycles. The van der Waals surface area contributed by atoms with Crippen molar-refractivity contribution < 1.29 is 0 Å². The third-order valence-electron chi connectivity index (χ3n) is 8.61. The van der Waals surface area contributed by atoms with Gasteiger partial charge in [0.25, 0.3) is 0 Å². The molecule has 0 aromatic rings. The van der Waals surface area contributed by atoms with Gasteiger partial charge < -0.3 is 0 Å². The Hall–Kier alpha value is 0.430. The number of hydrogen-bond donors (Lipinski definition) is 0. The minimum absolute atomic E-state index is 0.875. The van der Waals surface area contributed by atoms with E-state index < -0.39 is 0 Å².